The maximum Gasteiger partial charge on any atom is 0.222 e. The largest absolute Gasteiger partial charge is 0.396 e. The number of carbonyl (C=O) groups excluding carboxylic acids is 1. The van der Waals surface area contributed by atoms with Crippen LogP contribution in [0.1, 0.15) is 30.4 Å². The Morgan fingerprint density at radius 1 is 1.36 bits per heavy atom. The van der Waals surface area contributed by atoms with E-state index < -0.39 is 0 Å². The van der Waals surface area contributed by atoms with Crippen LogP contribution in [0.4, 0.5) is 0 Å². The third-order valence-electron chi connectivity index (χ3n) is 4.76. The lowest BCUT2D eigenvalue weighted by Gasteiger charge is -2.31. The van der Waals surface area contributed by atoms with E-state index in [1.165, 1.54) is 16.5 Å². The molecule has 0 atom stereocenters. The molecule has 1 aliphatic heterocycles. The van der Waals surface area contributed by atoms with Crippen LogP contribution >= 0.6 is 0 Å². The van der Waals surface area contributed by atoms with Crippen LogP contribution in [0.2, 0.25) is 0 Å². The average molecular weight is 300 g/mol. The van der Waals surface area contributed by atoms with Crippen molar-refractivity contribution in [1.82, 2.24) is 9.88 Å². The number of hydrogen-bond acceptors (Lipinski definition) is 2. The molecular weight excluding hydrogens is 276 g/mol. The number of rotatable bonds is 4. The van der Waals surface area contributed by atoms with Gasteiger partial charge >= 0.3 is 0 Å². The molecule has 0 unspecified atom stereocenters. The first-order valence-electron chi connectivity index (χ1n) is 8.12. The molecule has 0 spiro atoms. The van der Waals surface area contributed by atoms with E-state index >= 15 is 0 Å². The van der Waals surface area contributed by atoms with E-state index in [-0.39, 0.29) is 12.5 Å². The molecule has 1 aromatic heterocycles. The lowest BCUT2D eigenvalue weighted by Crippen LogP contribution is -2.39. The van der Waals surface area contributed by atoms with Gasteiger partial charge in [0.2, 0.25) is 5.91 Å². The molecule has 1 amide bonds. The van der Waals surface area contributed by atoms with Gasteiger partial charge in [-0.3, -0.25) is 4.79 Å². The number of amides is 1. The second-order valence-corrected chi connectivity index (χ2v) is 6.37. The Morgan fingerprint density at radius 2 is 2.14 bits per heavy atom. The Balaban J connectivity index is 1.59. The van der Waals surface area contributed by atoms with Gasteiger partial charge in [0.1, 0.15) is 0 Å². The van der Waals surface area contributed by atoms with Crippen molar-refractivity contribution in [2.75, 3.05) is 19.7 Å². The number of likely N-dealkylation sites (tertiary alicyclic amines) is 1. The molecule has 0 saturated carbocycles. The highest BCUT2D eigenvalue weighted by Gasteiger charge is 2.22. The fraction of sp³-hybridized carbons (Fsp3) is 0.500. The molecule has 0 radical (unpaired) electrons. The summed E-state index contributed by atoms with van der Waals surface area (Å²) in [7, 11) is 0. The number of H-pyrrole nitrogens is 1. The zero-order valence-electron chi connectivity index (χ0n) is 13.1. The third kappa shape index (κ3) is 3.17. The predicted octanol–water partition coefficient (Wildman–Crippen LogP) is 2.64. The number of fused-ring (bicyclic) bond motifs is 1. The summed E-state index contributed by atoms with van der Waals surface area (Å²) in [5, 5.41) is 10.4. The minimum Gasteiger partial charge on any atom is -0.396 e. The number of benzene rings is 1. The van der Waals surface area contributed by atoms with Crippen LogP contribution in [0, 0.1) is 12.8 Å². The average Bonchev–Trinajstić information content (AvgIpc) is 2.95. The van der Waals surface area contributed by atoms with Crippen molar-refractivity contribution >= 4 is 16.8 Å². The van der Waals surface area contributed by atoms with Crippen molar-refractivity contribution in [2.45, 2.75) is 32.6 Å². The molecule has 2 aromatic rings. The Labute approximate surface area is 131 Å². The second-order valence-electron chi connectivity index (χ2n) is 6.37. The second kappa shape index (κ2) is 6.53. The zero-order chi connectivity index (χ0) is 15.5. The number of aryl methyl sites for hydroxylation is 2. The lowest BCUT2D eigenvalue weighted by atomic mass is 9.97. The molecule has 1 aromatic carbocycles. The fourth-order valence-electron chi connectivity index (χ4n) is 3.26. The van der Waals surface area contributed by atoms with E-state index in [4.69, 9.17) is 5.11 Å². The molecule has 1 aliphatic rings. The molecule has 1 fully saturated rings. The standard InChI is InChI=1S/C18H24N2O2/c1-13-2-4-17-16(10-13)15(11-19-17)3-5-18(22)20-8-6-14(12-21)7-9-20/h2,4,10-11,14,19,21H,3,5-9,12H2,1H3. The zero-order valence-corrected chi connectivity index (χ0v) is 13.1. The van der Waals surface area contributed by atoms with Crippen molar-refractivity contribution in [2.24, 2.45) is 5.92 Å². The summed E-state index contributed by atoms with van der Waals surface area (Å²) >= 11 is 0. The molecule has 118 valence electrons. The van der Waals surface area contributed by atoms with Crippen molar-refractivity contribution < 1.29 is 9.90 Å². The van der Waals surface area contributed by atoms with Crippen LogP contribution in [0.25, 0.3) is 10.9 Å². The summed E-state index contributed by atoms with van der Waals surface area (Å²) in [5.41, 5.74) is 3.60. The highest BCUT2D eigenvalue weighted by atomic mass is 16.3. The molecular formula is C18H24N2O2. The number of aliphatic hydroxyl groups is 1. The van der Waals surface area contributed by atoms with Gasteiger partial charge in [0.15, 0.2) is 0 Å². The SMILES string of the molecule is Cc1ccc2[nH]cc(CCC(=O)N3CCC(CO)CC3)c2c1. The van der Waals surface area contributed by atoms with Gasteiger partial charge in [-0.25, -0.2) is 0 Å². The number of aromatic amines is 1. The normalized spacial score (nSPS) is 16.4. The molecule has 0 aliphatic carbocycles. The first-order chi connectivity index (χ1) is 10.7. The molecule has 4 heteroatoms. The number of aliphatic hydroxyl groups excluding tert-OH is 1. The molecule has 2 N–H and O–H groups in total. The van der Waals surface area contributed by atoms with Crippen LogP contribution in [-0.4, -0.2) is 40.6 Å². The Morgan fingerprint density at radius 3 is 2.86 bits per heavy atom. The number of nitrogens with zero attached hydrogens (tertiary/aromatic N) is 1. The maximum absolute atomic E-state index is 12.3. The first-order valence-corrected chi connectivity index (χ1v) is 8.12. The van der Waals surface area contributed by atoms with Gasteiger partial charge in [-0.2, -0.15) is 0 Å². The highest BCUT2D eigenvalue weighted by Crippen LogP contribution is 2.22. The Kier molecular flexibility index (Phi) is 4.48. The van der Waals surface area contributed by atoms with Crippen molar-refractivity contribution in [3.63, 3.8) is 0 Å². The number of aromatic nitrogens is 1. The lowest BCUT2D eigenvalue weighted by molar-refractivity contribution is -0.132. The van der Waals surface area contributed by atoms with Crippen LogP contribution in [0.15, 0.2) is 24.4 Å². The number of nitrogens with one attached hydrogen (secondary N) is 1. The van der Waals surface area contributed by atoms with E-state index in [0.717, 1.165) is 37.9 Å². The topological polar surface area (TPSA) is 56.3 Å². The summed E-state index contributed by atoms with van der Waals surface area (Å²) in [5.74, 6) is 0.610. The van der Waals surface area contributed by atoms with E-state index in [9.17, 15) is 4.79 Å². The summed E-state index contributed by atoms with van der Waals surface area (Å²) in [6.45, 7) is 3.91. The number of carbonyl (C=O) groups is 1. The van der Waals surface area contributed by atoms with Gasteiger partial charge in [-0.05, 0) is 49.8 Å². The van der Waals surface area contributed by atoms with E-state index in [2.05, 4.69) is 30.1 Å². The molecule has 0 bridgehead atoms. The number of piperidine rings is 1. The third-order valence-corrected chi connectivity index (χ3v) is 4.76. The molecule has 2 heterocycles. The van der Waals surface area contributed by atoms with Crippen LogP contribution in [0.3, 0.4) is 0 Å². The monoisotopic (exact) mass is 300 g/mol. The minimum absolute atomic E-state index is 0.235. The Bertz CT molecular complexity index is 654. The van der Waals surface area contributed by atoms with Gasteiger partial charge in [0, 0.05) is 43.2 Å². The van der Waals surface area contributed by atoms with Crippen LogP contribution < -0.4 is 0 Å². The van der Waals surface area contributed by atoms with Crippen molar-refractivity contribution in [1.29, 1.82) is 0 Å². The van der Waals surface area contributed by atoms with E-state index in [0.29, 0.717) is 12.3 Å². The molecule has 4 nitrogen and oxygen atoms in total. The van der Waals surface area contributed by atoms with Crippen LogP contribution in [0.5, 0.6) is 0 Å². The van der Waals surface area contributed by atoms with Crippen molar-refractivity contribution in [3.8, 4) is 0 Å². The van der Waals surface area contributed by atoms with E-state index in [1.807, 2.05) is 11.1 Å². The van der Waals surface area contributed by atoms with Gasteiger partial charge in [-0.15, -0.1) is 0 Å². The summed E-state index contributed by atoms with van der Waals surface area (Å²) in [4.78, 5) is 17.6. The van der Waals surface area contributed by atoms with Gasteiger partial charge in [-0.1, -0.05) is 11.6 Å². The molecule has 1 saturated heterocycles. The summed E-state index contributed by atoms with van der Waals surface area (Å²) in [6.07, 6.45) is 5.21. The van der Waals surface area contributed by atoms with Crippen LogP contribution in [-0.2, 0) is 11.2 Å². The quantitative estimate of drug-likeness (QED) is 0.912. The minimum atomic E-state index is 0.235. The molecule has 3 rings (SSSR count). The summed E-state index contributed by atoms with van der Waals surface area (Å²) < 4.78 is 0. The van der Waals surface area contributed by atoms with E-state index in [1.54, 1.807) is 0 Å². The fourth-order valence-corrected chi connectivity index (χ4v) is 3.26. The first kappa shape index (κ1) is 15.1. The smallest absolute Gasteiger partial charge is 0.222 e. The van der Waals surface area contributed by atoms with Gasteiger partial charge in [0.25, 0.3) is 0 Å². The van der Waals surface area contributed by atoms with Gasteiger partial charge < -0.3 is 15.0 Å². The molecule has 22 heavy (non-hydrogen) atoms. The predicted molar refractivity (Wildman–Crippen MR) is 87.7 cm³/mol. The Hall–Kier alpha value is -1.81. The van der Waals surface area contributed by atoms with Crippen molar-refractivity contribution in [3.05, 3.63) is 35.5 Å². The van der Waals surface area contributed by atoms with Gasteiger partial charge in [0.05, 0.1) is 0 Å². The number of hydrogen-bond donors (Lipinski definition) is 2. The highest BCUT2D eigenvalue weighted by molar-refractivity contribution is 5.85. The maximum atomic E-state index is 12.3. The summed E-state index contributed by atoms with van der Waals surface area (Å²) in [6, 6.07) is 6.37.